The molecule has 0 aliphatic carbocycles. The zero-order valence-corrected chi connectivity index (χ0v) is 19.1. The molecule has 0 bridgehead atoms. The third-order valence-electron chi connectivity index (χ3n) is 5.58. The number of H-pyrrole nitrogens is 1. The average Bonchev–Trinajstić information content (AvgIpc) is 3.16. The van der Waals surface area contributed by atoms with Crippen molar-refractivity contribution in [2.75, 3.05) is 19.7 Å². The van der Waals surface area contributed by atoms with E-state index in [-0.39, 0.29) is 12.0 Å². The highest BCUT2D eigenvalue weighted by Crippen LogP contribution is 2.31. The minimum atomic E-state index is -0.560. The molecule has 0 saturated carbocycles. The van der Waals surface area contributed by atoms with Crippen LogP contribution in [0.1, 0.15) is 43.2 Å². The standard InChI is InChI=1S/C26H33N3O3/c1-26(2,3)25-22(21-6-4-5-7-23(21)27-25)14-15-29(16-17-30)18-20-10-8-19(9-11-20)12-13-24(31)28-32/h4-13,27,30,32H,14-18H2,1-3H3,(H,28,31). The quantitative estimate of drug-likeness (QED) is 0.232. The predicted octanol–water partition coefficient (Wildman–Crippen LogP) is 4.02. The second-order valence-electron chi connectivity index (χ2n) is 9.07. The summed E-state index contributed by atoms with van der Waals surface area (Å²) in [5.41, 5.74) is 7.39. The van der Waals surface area contributed by atoms with Crippen LogP contribution in [0.2, 0.25) is 0 Å². The maximum absolute atomic E-state index is 11.1. The number of hydrogen-bond donors (Lipinski definition) is 4. The lowest BCUT2D eigenvalue weighted by Crippen LogP contribution is -2.29. The van der Waals surface area contributed by atoms with Gasteiger partial charge in [0.05, 0.1) is 6.61 Å². The van der Waals surface area contributed by atoms with E-state index in [0.29, 0.717) is 6.54 Å². The third kappa shape index (κ3) is 6.07. The number of hydrogen-bond acceptors (Lipinski definition) is 4. The summed E-state index contributed by atoms with van der Waals surface area (Å²) in [4.78, 5) is 17.0. The second kappa shape index (κ2) is 10.6. The van der Waals surface area contributed by atoms with E-state index in [1.807, 2.05) is 24.3 Å². The van der Waals surface area contributed by atoms with Crippen molar-refractivity contribution >= 4 is 22.9 Å². The van der Waals surface area contributed by atoms with Crippen LogP contribution in [0.3, 0.4) is 0 Å². The Bertz CT molecular complexity index is 1060. The topological polar surface area (TPSA) is 88.6 Å². The van der Waals surface area contributed by atoms with Gasteiger partial charge >= 0.3 is 0 Å². The summed E-state index contributed by atoms with van der Waals surface area (Å²) < 4.78 is 0. The third-order valence-corrected chi connectivity index (χ3v) is 5.58. The number of hydroxylamine groups is 1. The van der Waals surface area contributed by atoms with Crippen LogP contribution in [0.15, 0.2) is 54.6 Å². The van der Waals surface area contributed by atoms with E-state index >= 15 is 0 Å². The van der Waals surface area contributed by atoms with Gasteiger partial charge in [-0.15, -0.1) is 0 Å². The molecule has 0 aliphatic rings. The molecule has 6 heteroatoms. The van der Waals surface area contributed by atoms with Gasteiger partial charge in [0.2, 0.25) is 0 Å². The number of nitrogens with zero attached hydrogens (tertiary/aromatic N) is 1. The van der Waals surface area contributed by atoms with E-state index in [4.69, 9.17) is 5.21 Å². The summed E-state index contributed by atoms with van der Waals surface area (Å²) in [6.45, 7) is 8.97. The normalized spacial score (nSPS) is 12.2. The Hall–Kier alpha value is -2.93. The zero-order chi connectivity index (χ0) is 23.1. The van der Waals surface area contributed by atoms with Gasteiger partial charge in [-0.25, -0.2) is 5.48 Å². The molecule has 32 heavy (non-hydrogen) atoms. The maximum Gasteiger partial charge on any atom is 0.267 e. The predicted molar refractivity (Wildman–Crippen MR) is 128 cm³/mol. The van der Waals surface area contributed by atoms with Gasteiger partial charge in [-0.05, 0) is 35.3 Å². The number of aromatic nitrogens is 1. The van der Waals surface area contributed by atoms with Crippen LogP contribution in [0.5, 0.6) is 0 Å². The van der Waals surface area contributed by atoms with Crippen molar-refractivity contribution in [3.05, 3.63) is 77.0 Å². The number of benzene rings is 2. The van der Waals surface area contributed by atoms with E-state index in [9.17, 15) is 9.90 Å². The maximum atomic E-state index is 11.1. The number of carbonyl (C=O) groups excluding carboxylic acids is 1. The molecule has 0 spiro atoms. The minimum Gasteiger partial charge on any atom is -0.395 e. The smallest absolute Gasteiger partial charge is 0.267 e. The Kier molecular flexibility index (Phi) is 7.85. The van der Waals surface area contributed by atoms with Crippen molar-refractivity contribution in [1.82, 2.24) is 15.4 Å². The molecule has 6 nitrogen and oxygen atoms in total. The fraction of sp³-hybridized carbons (Fsp3) is 0.346. The van der Waals surface area contributed by atoms with E-state index in [2.05, 4.69) is 54.9 Å². The summed E-state index contributed by atoms with van der Waals surface area (Å²) in [6.07, 6.45) is 3.82. The van der Waals surface area contributed by atoms with Gasteiger partial charge in [0.15, 0.2) is 0 Å². The number of amides is 1. The molecule has 0 saturated heterocycles. The van der Waals surface area contributed by atoms with Crippen molar-refractivity contribution in [3.63, 3.8) is 0 Å². The Morgan fingerprint density at radius 3 is 2.47 bits per heavy atom. The molecular formula is C26H33N3O3. The average molecular weight is 436 g/mol. The van der Waals surface area contributed by atoms with E-state index in [1.165, 1.54) is 28.2 Å². The van der Waals surface area contributed by atoms with Gasteiger partial charge in [-0.1, -0.05) is 63.2 Å². The zero-order valence-electron chi connectivity index (χ0n) is 19.1. The van der Waals surface area contributed by atoms with Crippen molar-refractivity contribution in [2.45, 2.75) is 39.2 Å². The number of aliphatic hydroxyl groups is 1. The highest BCUT2D eigenvalue weighted by Gasteiger charge is 2.22. The van der Waals surface area contributed by atoms with Gasteiger partial charge < -0.3 is 10.1 Å². The highest BCUT2D eigenvalue weighted by molar-refractivity contribution is 5.90. The summed E-state index contributed by atoms with van der Waals surface area (Å²) in [5.74, 6) is -0.560. The Morgan fingerprint density at radius 1 is 1.09 bits per heavy atom. The van der Waals surface area contributed by atoms with Gasteiger partial charge in [0, 0.05) is 47.7 Å². The first kappa shape index (κ1) is 23.7. The largest absolute Gasteiger partial charge is 0.395 e. The molecule has 0 unspecified atom stereocenters. The van der Waals surface area contributed by atoms with Gasteiger partial charge in [-0.3, -0.25) is 14.9 Å². The lowest BCUT2D eigenvalue weighted by atomic mass is 9.88. The number of carbonyl (C=O) groups is 1. The van der Waals surface area contributed by atoms with Crippen molar-refractivity contribution in [1.29, 1.82) is 0 Å². The van der Waals surface area contributed by atoms with Gasteiger partial charge in [0.25, 0.3) is 5.91 Å². The first-order chi connectivity index (χ1) is 15.3. The van der Waals surface area contributed by atoms with E-state index in [1.54, 1.807) is 11.6 Å². The number of aliphatic hydroxyl groups excluding tert-OH is 1. The molecule has 0 aliphatic heterocycles. The fourth-order valence-electron chi connectivity index (χ4n) is 3.98. The van der Waals surface area contributed by atoms with Crippen molar-refractivity contribution < 1.29 is 15.1 Å². The first-order valence-electron chi connectivity index (χ1n) is 11.0. The number of rotatable bonds is 9. The summed E-state index contributed by atoms with van der Waals surface area (Å²) in [5, 5.41) is 19.4. The van der Waals surface area contributed by atoms with Gasteiger partial charge in [0.1, 0.15) is 0 Å². The second-order valence-corrected chi connectivity index (χ2v) is 9.07. The van der Waals surface area contributed by atoms with Crippen LogP contribution in [0.4, 0.5) is 0 Å². The van der Waals surface area contributed by atoms with Gasteiger partial charge in [-0.2, -0.15) is 0 Å². The molecule has 2 aromatic carbocycles. The fourth-order valence-corrected chi connectivity index (χ4v) is 3.98. The molecule has 170 valence electrons. The molecule has 4 N–H and O–H groups in total. The number of nitrogens with one attached hydrogen (secondary N) is 2. The van der Waals surface area contributed by atoms with Crippen molar-refractivity contribution in [2.24, 2.45) is 0 Å². The summed E-state index contributed by atoms with van der Waals surface area (Å²) in [7, 11) is 0. The molecule has 3 aromatic rings. The Labute approximate surface area is 189 Å². The number of fused-ring (bicyclic) bond motifs is 1. The summed E-state index contributed by atoms with van der Waals surface area (Å²) in [6, 6.07) is 16.4. The molecule has 1 heterocycles. The molecule has 3 rings (SSSR count). The lowest BCUT2D eigenvalue weighted by Gasteiger charge is -2.24. The molecule has 0 fully saturated rings. The number of aromatic amines is 1. The molecular weight excluding hydrogens is 402 g/mol. The van der Waals surface area contributed by atoms with Crippen LogP contribution in [0.25, 0.3) is 17.0 Å². The lowest BCUT2D eigenvalue weighted by molar-refractivity contribution is -0.124. The molecule has 1 amide bonds. The number of para-hydroxylation sites is 1. The highest BCUT2D eigenvalue weighted by atomic mass is 16.5. The Balaban J connectivity index is 1.73. The SMILES string of the molecule is CC(C)(C)c1[nH]c2ccccc2c1CCN(CCO)Cc1ccc(C=CC(=O)NO)cc1. The molecule has 0 radical (unpaired) electrons. The van der Waals surface area contributed by atoms with Crippen LogP contribution in [0, 0.1) is 0 Å². The van der Waals surface area contributed by atoms with Crippen LogP contribution < -0.4 is 5.48 Å². The summed E-state index contributed by atoms with van der Waals surface area (Å²) >= 11 is 0. The van der Waals surface area contributed by atoms with Crippen LogP contribution in [-0.4, -0.2) is 45.8 Å². The first-order valence-corrected chi connectivity index (χ1v) is 11.0. The monoisotopic (exact) mass is 435 g/mol. The Morgan fingerprint density at radius 2 is 1.81 bits per heavy atom. The molecule has 1 aromatic heterocycles. The van der Waals surface area contributed by atoms with Crippen molar-refractivity contribution in [3.8, 4) is 0 Å². The van der Waals surface area contributed by atoms with E-state index in [0.717, 1.165) is 30.6 Å². The molecule has 0 atom stereocenters. The van der Waals surface area contributed by atoms with E-state index < -0.39 is 5.91 Å². The van der Waals surface area contributed by atoms with Crippen LogP contribution >= 0.6 is 0 Å². The minimum absolute atomic E-state index is 0.0203. The van der Waals surface area contributed by atoms with Crippen LogP contribution in [-0.2, 0) is 23.2 Å².